The molecule has 2 aliphatic rings. The molecule has 0 saturated carbocycles. The summed E-state index contributed by atoms with van der Waals surface area (Å²) in [5.74, 6) is 1.47. The molecule has 4 rings (SSSR count). The van der Waals surface area contributed by atoms with Crippen LogP contribution in [0.1, 0.15) is 47.4 Å². The van der Waals surface area contributed by atoms with E-state index in [0.29, 0.717) is 32.7 Å². The van der Waals surface area contributed by atoms with Crippen molar-refractivity contribution in [2.75, 3.05) is 26.4 Å². The maximum absolute atomic E-state index is 12.9. The second kappa shape index (κ2) is 10.3. The topological polar surface area (TPSA) is 67.9 Å². The number of ether oxygens (including phenoxy) is 2. The van der Waals surface area contributed by atoms with Crippen LogP contribution < -0.4 is 14.8 Å². The molecule has 8 heteroatoms. The first-order chi connectivity index (χ1) is 15.8. The lowest BCUT2D eigenvalue weighted by molar-refractivity contribution is 0.0811. The predicted octanol–water partition coefficient (Wildman–Crippen LogP) is 5.07. The number of rotatable bonds is 7. The number of carbonyl (C=O) groups excluding carboxylic acids is 2. The number of hydrogen-bond acceptors (Lipinski definition) is 5. The summed E-state index contributed by atoms with van der Waals surface area (Å²) < 4.78 is 10.7. The Balaban J connectivity index is 1.32. The summed E-state index contributed by atoms with van der Waals surface area (Å²) in [6, 6.07) is 10.3. The van der Waals surface area contributed by atoms with Gasteiger partial charge in [0.1, 0.15) is 0 Å². The van der Waals surface area contributed by atoms with Crippen molar-refractivity contribution in [1.82, 2.24) is 10.2 Å². The number of likely N-dealkylation sites (tertiary alicyclic amines) is 1. The molecule has 0 aromatic heterocycles. The molecular formula is C25H28Cl2N2O4. The molecule has 2 aromatic rings. The molecule has 0 bridgehead atoms. The molecule has 6 nitrogen and oxygen atoms in total. The highest BCUT2D eigenvalue weighted by atomic mass is 35.5. The number of nitrogens with zero attached hydrogens (tertiary/aromatic N) is 1. The first kappa shape index (κ1) is 23.9. The monoisotopic (exact) mass is 490 g/mol. The van der Waals surface area contributed by atoms with Crippen molar-refractivity contribution in [3.63, 3.8) is 0 Å². The molecule has 33 heavy (non-hydrogen) atoms. The van der Waals surface area contributed by atoms with Crippen LogP contribution in [-0.4, -0.2) is 49.1 Å². The second-order valence-corrected chi connectivity index (χ2v) is 9.77. The van der Waals surface area contributed by atoms with Crippen LogP contribution >= 0.6 is 23.2 Å². The van der Waals surface area contributed by atoms with Gasteiger partial charge in [-0.1, -0.05) is 37.0 Å². The molecule has 2 heterocycles. The molecule has 1 atom stereocenters. The molecule has 0 spiro atoms. The van der Waals surface area contributed by atoms with E-state index in [1.165, 1.54) is 0 Å². The van der Waals surface area contributed by atoms with Crippen molar-refractivity contribution in [3.8, 4) is 11.5 Å². The van der Waals surface area contributed by atoms with Gasteiger partial charge in [0.05, 0.1) is 10.0 Å². The van der Waals surface area contributed by atoms with Crippen LogP contribution in [0.3, 0.4) is 0 Å². The number of benzene rings is 2. The Hall–Kier alpha value is -2.28. The molecular weight excluding hydrogens is 463 g/mol. The molecule has 0 radical (unpaired) electrons. The fourth-order valence-corrected chi connectivity index (χ4v) is 4.55. The van der Waals surface area contributed by atoms with Crippen LogP contribution in [0.4, 0.5) is 0 Å². The molecule has 1 N–H and O–H groups in total. The molecule has 1 unspecified atom stereocenters. The molecule has 1 fully saturated rings. The second-order valence-electron chi connectivity index (χ2n) is 8.96. The van der Waals surface area contributed by atoms with Gasteiger partial charge in [-0.05, 0) is 68.2 Å². The van der Waals surface area contributed by atoms with Crippen molar-refractivity contribution in [1.29, 1.82) is 0 Å². The van der Waals surface area contributed by atoms with Gasteiger partial charge in [0, 0.05) is 29.6 Å². The summed E-state index contributed by atoms with van der Waals surface area (Å²) >= 11 is 12.1. The number of carbonyl (C=O) groups is 2. The molecule has 0 aliphatic carbocycles. The SMILES string of the molecule is CC(C)C(CN1CCC(C(=O)c2ccc(Cl)c(Cl)c2)CC1)NC(=O)c1ccc2c(c1)OCO2. The van der Waals surface area contributed by atoms with Gasteiger partial charge in [0.15, 0.2) is 17.3 Å². The third-order valence-electron chi connectivity index (χ3n) is 6.37. The molecule has 2 aliphatic heterocycles. The van der Waals surface area contributed by atoms with E-state index in [-0.39, 0.29) is 36.4 Å². The third kappa shape index (κ3) is 5.62. The summed E-state index contributed by atoms with van der Waals surface area (Å²) in [6.07, 6.45) is 1.56. The number of nitrogens with one attached hydrogen (secondary N) is 1. The van der Waals surface area contributed by atoms with E-state index in [9.17, 15) is 9.59 Å². The summed E-state index contributed by atoms with van der Waals surface area (Å²) in [7, 11) is 0. The Morgan fingerprint density at radius 3 is 2.39 bits per heavy atom. The van der Waals surface area contributed by atoms with Crippen molar-refractivity contribution in [2.24, 2.45) is 11.8 Å². The van der Waals surface area contributed by atoms with Gasteiger partial charge in [-0.2, -0.15) is 0 Å². The number of Topliss-reactive ketones (excluding diaryl/α,β-unsaturated/α-hetero) is 1. The quantitative estimate of drug-likeness (QED) is 0.548. The van der Waals surface area contributed by atoms with E-state index in [4.69, 9.17) is 32.7 Å². The number of piperidine rings is 1. The number of halogens is 2. The fourth-order valence-electron chi connectivity index (χ4n) is 4.25. The first-order valence-electron chi connectivity index (χ1n) is 11.2. The van der Waals surface area contributed by atoms with E-state index in [0.717, 1.165) is 32.5 Å². The minimum Gasteiger partial charge on any atom is -0.454 e. The van der Waals surface area contributed by atoms with Gasteiger partial charge in [-0.3, -0.25) is 9.59 Å². The zero-order chi connectivity index (χ0) is 23.5. The number of hydrogen-bond donors (Lipinski definition) is 1. The van der Waals surface area contributed by atoms with E-state index in [1.807, 2.05) is 0 Å². The van der Waals surface area contributed by atoms with Crippen molar-refractivity contribution in [3.05, 3.63) is 57.6 Å². The Morgan fingerprint density at radius 1 is 1.00 bits per heavy atom. The lowest BCUT2D eigenvalue weighted by atomic mass is 9.88. The van der Waals surface area contributed by atoms with Gasteiger partial charge in [0.25, 0.3) is 5.91 Å². The molecule has 176 valence electrons. The zero-order valence-electron chi connectivity index (χ0n) is 18.8. The van der Waals surface area contributed by atoms with Gasteiger partial charge in [-0.15, -0.1) is 0 Å². The summed E-state index contributed by atoms with van der Waals surface area (Å²) in [5, 5.41) is 4.02. The molecule has 2 aromatic carbocycles. The third-order valence-corrected chi connectivity index (χ3v) is 7.11. The summed E-state index contributed by atoms with van der Waals surface area (Å²) in [4.78, 5) is 28.1. The standard InChI is InChI=1S/C25H28Cl2N2O4/c1-15(2)21(28-25(31)18-4-6-22-23(12-18)33-14-32-22)13-29-9-7-16(8-10-29)24(30)17-3-5-19(26)20(27)11-17/h3-6,11-12,15-16,21H,7-10,13-14H2,1-2H3,(H,28,31). The van der Waals surface area contributed by atoms with Gasteiger partial charge < -0.3 is 19.7 Å². The average molecular weight is 491 g/mol. The van der Waals surface area contributed by atoms with E-state index in [2.05, 4.69) is 24.1 Å². The minimum absolute atomic E-state index is 0.00903. The lowest BCUT2D eigenvalue weighted by Gasteiger charge is -2.35. The smallest absolute Gasteiger partial charge is 0.251 e. The van der Waals surface area contributed by atoms with Crippen LogP contribution in [0, 0.1) is 11.8 Å². The van der Waals surface area contributed by atoms with Crippen LogP contribution in [0.2, 0.25) is 10.0 Å². The highest BCUT2D eigenvalue weighted by Gasteiger charge is 2.29. The number of ketones is 1. The van der Waals surface area contributed by atoms with Crippen LogP contribution in [0.25, 0.3) is 0 Å². The maximum atomic E-state index is 12.9. The number of fused-ring (bicyclic) bond motifs is 1. The van der Waals surface area contributed by atoms with Gasteiger partial charge in [-0.25, -0.2) is 0 Å². The normalized spacial score (nSPS) is 17.2. The number of amides is 1. The van der Waals surface area contributed by atoms with Crippen LogP contribution in [0.5, 0.6) is 11.5 Å². The average Bonchev–Trinajstić information content (AvgIpc) is 3.28. The zero-order valence-corrected chi connectivity index (χ0v) is 20.3. The Kier molecular flexibility index (Phi) is 7.47. The van der Waals surface area contributed by atoms with Crippen LogP contribution in [-0.2, 0) is 0 Å². The highest BCUT2D eigenvalue weighted by Crippen LogP contribution is 2.32. The summed E-state index contributed by atoms with van der Waals surface area (Å²) in [6.45, 7) is 6.73. The van der Waals surface area contributed by atoms with Crippen molar-refractivity contribution in [2.45, 2.75) is 32.7 Å². The predicted molar refractivity (Wildman–Crippen MR) is 129 cm³/mol. The fraction of sp³-hybridized carbons (Fsp3) is 0.440. The van der Waals surface area contributed by atoms with Crippen LogP contribution in [0.15, 0.2) is 36.4 Å². The molecule has 1 saturated heterocycles. The minimum atomic E-state index is -0.128. The van der Waals surface area contributed by atoms with Crippen molar-refractivity contribution < 1.29 is 19.1 Å². The van der Waals surface area contributed by atoms with E-state index < -0.39 is 0 Å². The molecule has 1 amide bonds. The Labute approximate surface area is 204 Å². The van der Waals surface area contributed by atoms with Crippen molar-refractivity contribution >= 4 is 34.9 Å². The first-order valence-corrected chi connectivity index (χ1v) is 12.0. The van der Waals surface area contributed by atoms with Gasteiger partial charge >= 0.3 is 0 Å². The van der Waals surface area contributed by atoms with Gasteiger partial charge in [0.2, 0.25) is 6.79 Å². The highest BCUT2D eigenvalue weighted by molar-refractivity contribution is 6.42. The lowest BCUT2D eigenvalue weighted by Crippen LogP contribution is -2.49. The van der Waals surface area contributed by atoms with E-state index >= 15 is 0 Å². The van der Waals surface area contributed by atoms with E-state index in [1.54, 1.807) is 36.4 Å². The Morgan fingerprint density at radius 2 is 1.70 bits per heavy atom. The Bertz CT molecular complexity index is 1040. The maximum Gasteiger partial charge on any atom is 0.251 e. The summed E-state index contributed by atoms with van der Waals surface area (Å²) in [5.41, 5.74) is 1.16. The largest absolute Gasteiger partial charge is 0.454 e.